The molecule has 2 saturated heterocycles. The smallest absolute Gasteiger partial charge is 0.266 e. The van der Waals surface area contributed by atoms with Gasteiger partial charge in [-0.15, -0.1) is 5.10 Å². The van der Waals surface area contributed by atoms with Gasteiger partial charge >= 0.3 is 0 Å². The first kappa shape index (κ1) is 22.8. The summed E-state index contributed by atoms with van der Waals surface area (Å²) in [6, 6.07) is 5.98. The van der Waals surface area contributed by atoms with Gasteiger partial charge in [-0.2, -0.15) is 5.10 Å². The Labute approximate surface area is 195 Å². The molecule has 0 unspecified atom stereocenters. The average molecular weight is 473 g/mol. The van der Waals surface area contributed by atoms with Crippen LogP contribution in [0.15, 0.2) is 30.5 Å². The van der Waals surface area contributed by atoms with E-state index >= 15 is 0 Å². The number of fused-ring (bicyclic) bond motifs is 1. The molecule has 3 aromatic rings. The van der Waals surface area contributed by atoms with Gasteiger partial charge in [0.15, 0.2) is 5.82 Å². The summed E-state index contributed by atoms with van der Waals surface area (Å²) >= 11 is 0. The van der Waals surface area contributed by atoms with Gasteiger partial charge in [-0.05, 0) is 19.9 Å². The van der Waals surface area contributed by atoms with E-state index < -0.39 is 23.8 Å². The van der Waals surface area contributed by atoms with E-state index in [0.29, 0.717) is 23.1 Å². The Balaban J connectivity index is 1.40. The number of anilines is 2. The Bertz CT molecular complexity index is 1180. The summed E-state index contributed by atoms with van der Waals surface area (Å²) in [6.07, 6.45) is -1.03. The molecular weight excluding hydrogens is 445 g/mol. The number of hydrogen-bond donors (Lipinski definition) is 1. The molecule has 1 N–H and O–H groups in total. The van der Waals surface area contributed by atoms with Crippen LogP contribution in [0.4, 0.5) is 24.7 Å². The molecule has 7 nitrogen and oxygen atoms in total. The highest BCUT2D eigenvalue weighted by Gasteiger charge is 2.29. The number of piperazine rings is 1. The van der Waals surface area contributed by atoms with Gasteiger partial charge in [-0.25, -0.2) is 13.2 Å². The molecule has 2 aromatic heterocycles. The Morgan fingerprint density at radius 1 is 1.09 bits per heavy atom. The van der Waals surface area contributed by atoms with E-state index in [2.05, 4.69) is 30.3 Å². The van der Waals surface area contributed by atoms with Crippen molar-refractivity contribution in [2.24, 2.45) is 0 Å². The lowest BCUT2D eigenvalue weighted by Crippen LogP contribution is -2.56. The molecule has 1 aromatic carbocycles. The molecule has 34 heavy (non-hydrogen) atoms. The second kappa shape index (κ2) is 9.34. The van der Waals surface area contributed by atoms with Crippen molar-refractivity contribution in [3.63, 3.8) is 0 Å². The van der Waals surface area contributed by atoms with Crippen LogP contribution in [0.25, 0.3) is 10.9 Å². The van der Waals surface area contributed by atoms with Crippen molar-refractivity contribution >= 4 is 22.4 Å². The van der Waals surface area contributed by atoms with Crippen molar-refractivity contribution in [1.29, 1.82) is 0 Å². The van der Waals surface area contributed by atoms with E-state index in [1.165, 1.54) is 12.1 Å². The van der Waals surface area contributed by atoms with Crippen molar-refractivity contribution < 1.29 is 17.9 Å². The standard InChI is InChI=1S/C24H27F3N6O/c1-14(18-4-3-5-19(21(18)25)23(26)27)29-24-20-10-16(11-28-22(20)15(2)30-31-24)32-6-8-33(9-7-32)17-12-34-13-17/h3-5,10-11,14,17,23H,6-9,12-13H2,1-2H3,(H,29,31)/t14-/m1/s1. The molecule has 2 aliphatic heterocycles. The first-order valence-corrected chi connectivity index (χ1v) is 11.4. The third-order valence-electron chi connectivity index (χ3n) is 6.70. The first-order valence-electron chi connectivity index (χ1n) is 11.4. The van der Waals surface area contributed by atoms with Crippen molar-refractivity contribution in [1.82, 2.24) is 20.1 Å². The topological polar surface area (TPSA) is 66.4 Å². The minimum Gasteiger partial charge on any atom is -0.378 e. The second-order valence-electron chi connectivity index (χ2n) is 8.86. The number of nitrogens with zero attached hydrogens (tertiary/aromatic N) is 5. The molecule has 180 valence electrons. The van der Waals surface area contributed by atoms with E-state index in [4.69, 9.17) is 4.74 Å². The fraction of sp³-hybridized carbons (Fsp3) is 0.458. The Morgan fingerprint density at radius 3 is 2.50 bits per heavy atom. The molecule has 1 atom stereocenters. The Morgan fingerprint density at radius 2 is 1.82 bits per heavy atom. The highest BCUT2D eigenvalue weighted by atomic mass is 19.3. The quantitative estimate of drug-likeness (QED) is 0.579. The van der Waals surface area contributed by atoms with Crippen LogP contribution < -0.4 is 10.2 Å². The van der Waals surface area contributed by atoms with Gasteiger partial charge in [0, 0.05) is 37.1 Å². The van der Waals surface area contributed by atoms with Crippen LogP contribution in [0.2, 0.25) is 0 Å². The van der Waals surface area contributed by atoms with Gasteiger partial charge in [0.1, 0.15) is 5.82 Å². The maximum Gasteiger partial charge on any atom is 0.266 e. The van der Waals surface area contributed by atoms with Crippen LogP contribution in [0.1, 0.15) is 36.2 Å². The zero-order chi connectivity index (χ0) is 23.8. The van der Waals surface area contributed by atoms with Gasteiger partial charge in [-0.1, -0.05) is 18.2 Å². The zero-order valence-corrected chi connectivity index (χ0v) is 19.1. The minimum atomic E-state index is -2.88. The molecule has 4 heterocycles. The van der Waals surface area contributed by atoms with E-state index in [1.807, 2.05) is 19.2 Å². The number of hydrogen-bond acceptors (Lipinski definition) is 7. The summed E-state index contributed by atoms with van der Waals surface area (Å²) in [5, 5.41) is 12.4. The van der Waals surface area contributed by atoms with E-state index in [9.17, 15) is 13.2 Å². The highest BCUT2D eigenvalue weighted by Crippen LogP contribution is 2.32. The van der Waals surface area contributed by atoms with Crippen molar-refractivity contribution in [3.05, 3.63) is 53.1 Å². The number of aromatic nitrogens is 3. The molecule has 2 fully saturated rings. The minimum absolute atomic E-state index is 0.147. The summed E-state index contributed by atoms with van der Waals surface area (Å²) < 4.78 is 46.3. The van der Waals surface area contributed by atoms with E-state index in [-0.39, 0.29) is 5.56 Å². The summed E-state index contributed by atoms with van der Waals surface area (Å²) in [7, 11) is 0. The third-order valence-corrected chi connectivity index (χ3v) is 6.70. The van der Waals surface area contributed by atoms with Crippen molar-refractivity contribution in [2.45, 2.75) is 32.4 Å². The molecule has 0 amide bonds. The fourth-order valence-corrected chi connectivity index (χ4v) is 4.56. The first-order chi connectivity index (χ1) is 16.4. The monoisotopic (exact) mass is 472 g/mol. The number of nitrogens with one attached hydrogen (secondary N) is 1. The van der Waals surface area contributed by atoms with Crippen molar-refractivity contribution in [3.8, 4) is 0 Å². The van der Waals surface area contributed by atoms with Crippen molar-refractivity contribution in [2.75, 3.05) is 49.6 Å². The normalized spacial score (nSPS) is 18.4. The lowest BCUT2D eigenvalue weighted by Gasteiger charge is -2.43. The number of aryl methyl sites for hydroxylation is 1. The summed E-state index contributed by atoms with van der Waals surface area (Å²) in [5.74, 6) is -0.468. The Kier molecular flexibility index (Phi) is 6.26. The number of alkyl halides is 2. The molecule has 5 rings (SSSR count). The molecule has 0 bridgehead atoms. The number of ether oxygens (including phenoxy) is 1. The van der Waals surface area contributed by atoms with E-state index in [1.54, 1.807) is 6.92 Å². The molecule has 10 heteroatoms. The largest absolute Gasteiger partial charge is 0.378 e. The number of benzene rings is 1. The molecule has 0 saturated carbocycles. The fourth-order valence-electron chi connectivity index (χ4n) is 4.56. The zero-order valence-electron chi connectivity index (χ0n) is 19.1. The number of halogens is 3. The number of pyridine rings is 1. The van der Waals surface area contributed by atoms with Crippen LogP contribution in [-0.4, -0.2) is 65.5 Å². The predicted molar refractivity (Wildman–Crippen MR) is 124 cm³/mol. The summed E-state index contributed by atoms with van der Waals surface area (Å²) in [4.78, 5) is 9.39. The molecule has 0 aliphatic carbocycles. The van der Waals surface area contributed by atoms with E-state index in [0.717, 1.165) is 56.5 Å². The van der Waals surface area contributed by atoms with Gasteiger partial charge in [0.05, 0.1) is 54.0 Å². The molecular formula is C24H27F3N6O. The van der Waals surface area contributed by atoms with Gasteiger partial charge in [0.2, 0.25) is 0 Å². The van der Waals surface area contributed by atoms with Gasteiger partial charge < -0.3 is 15.0 Å². The summed E-state index contributed by atoms with van der Waals surface area (Å²) in [5.41, 5.74) is 1.89. The van der Waals surface area contributed by atoms with Crippen LogP contribution in [0.5, 0.6) is 0 Å². The lowest BCUT2D eigenvalue weighted by molar-refractivity contribution is -0.0660. The van der Waals surface area contributed by atoms with Crippen LogP contribution in [-0.2, 0) is 4.74 Å². The third kappa shape index (κ3) is 4.27. The Hall–Kier alpha value is -2.98. The lowest BCUT2D eigenvalue weighted by atomic mass is 10.0. The van der Waals surface area contributed by atoms with Gasteiger partial charge in [-0.3, -0.25) is 9.88 Å². The average Bonchev–Trinajstić information content (AvgIpc) is 2.80. The maximum absolute atomic E-state index is 14.7. The highest BCUT2D eigenvalue weighted by molar-refractivity contribution is 5.92. The molecule has 0 radical (unpaired) electrons. The summed E-state index contributed by atoms with van der Waals surface area (Å²) in [6.45, 7) is 8.84. The molecule has 0 spiro atoms. The van der Waals surface area contributed by atoms with Crippen LogP contribution >= 0.6 is 0 Å². The maximum atomic E-state index is 14.7. The SMILES string of the molecule is Cc1nnc(N[C@H](C)c2cccc(C(F)F)c2F)c2cc(N3CCN(C4COC4)CC3)cnc12. The predicted octanol–water partition coefficient (Wildman–Crippen LogP) is 4.10. The van der Waals surface area contributed by atoms with Crippen LogP contribution in [0.3, 0.4) is 0 Å². The second-order valence-corrected chi connectivity index (χ2v) is 8.86. The van der Waals surface area contributed by atoms with Gasteiger partial charge in [0.25, 0.3) is 6.43 Å². The molecule has 2 aliphatic rings. The van der Waals surface area contributed by atoms with Crippen LogP contribution in [0, 0.1) is 12.7 Å². The number of rotatable bonds is 6.